The van der Waals surface area contributed by atoms with E-state index in [2.05, 4.69) is 15.9 Å². The second kappa shape index (κ2) is 6.29. The summed E-state index contributed by atoms with van der Waals surface area (Å²) in [6.07, 6.45) is 0. The Morgan fingerprint density at radius 1 is 1.30 bits per heavy atom. The Labute approximate surface area is 130 Å². The normalized spacial score (nSPS) is 10.3. The SMILES string of the molecule is Cc1ccc(OCc2ccc(C(=O)O)cc2Br)c(Cl)c1. The summed E-state index contributed by atoms with van der Waals surface area (Å²) >= 11 is 9.43. The molecule has 104 valence electrons. The van der Waals surface area contributed by atoms with Crippen molar-refractivity contribution in [3.63, 3.8) is 0 Å². The Morgan fingerprint density at radius 3 is 2.65 bits per heavy atom. The van der Waals surface area contributed by atoms with E-state index in [0.29, 0.717) is 21.9 Å². The Hall–Kier alpha value is -1.52. The summed E-state index contributed by atoms with van der Waals surface area (Å²) in [6, 6.07) is 10.4. The highest BCUT2D eigenvalue weighted by molar-refractivity contribution is 9.10. The first-order valence-corrected chi connectivity index (χ1v) is 7.05. The van der Waals surface area contributed by atoms with Gasteiger partial charge in [-0.05, 0) is 36.8 Å². The van der Waals surface area contributed by atoms with E-state index in [1.54, 1.807) is 18.2 Å². The zero-order valence-corrected chi connectivity index (χ0v) is 13.0. The van der Waals surface area contributed by atoms with Crippen molar-refractivity contribution in [2.75, 3.05) is 0 Å². The van der Waals surface area contributed by atoms with Crippen molar-refractivity contribution in [2.24, 2.45) is 0 Å². The van der Waals surface area contributed by atoms with Gasteiger partial charge in [0, 0.05) is 10.0 Å². The molecule has 0 spiro atoms. The Morgan fingerprint density at radius 2 is 2.05 bits per heavy atom. The van der Waals surface area contributed by atoms with E-state index >= 15 is 0 Å². The van der Waals surface area contributed by atoms with Gasteiger partial charge in [0.25, 0.3) is 0 Å². The maximum atomic E-state index is 10.9. The quantitative estimate of drug-likeness (QED) is 0.865. The molecule has 0 aliphatic carbocycles. The zero-order chi connectivity index (χ0) is 14.7. The lowest BCUT2D eigenvalue weighted by molar-refractivity contribution is 0.0696. The highest BCUT2D eigenvalue weighted by atomic mass is 79.9. The van der Waals surface area contributed by atoms with Crippen molar-refractivity contribution < 1.29 is 14.6 Å². The summed E-state index contributed by atoms with van der Waals surface area (Å²) in [4.78, 5) is 10.9. The first-order chi connectivity index (χ1) is 9.47. The molecule has 5 heteroatoms. The maximum absolute atomic E-state index is 10.9. The van der Waals surface area contributed by atoms with Crippen molar-refractivity contribution in [1.82, 2.24) is 0 Å². The van der Waals surface area contributed by atoms with Crippen LogP contribution in [0.5, 0.6) is 5.75 Å². The van der Waals surface area contributed by atoms with Crippen LogP contribution in [-0.4, -0.2) is 11.1 Å². The monoisotopic (exact) mass is 354 g/mol. The van der Waals surface area contributed by atoms with E-state index in [-0.39, 0.29) is 5.56 Å². The lowest BCUT2D eigenvalue weighted by Crippen LogP contribution is -2.00. The third-order valence-corrected chi connectivity index (χ3v) is 3.80. The number of rotatable bonds is 4. The Balaban J connectivity index is 2.13. The van der Waals surface area contributed by atoms with Crippen molar-refractivity contribution in [3.05, 3.63) is 62.6 Å². The van der Waals surface area contributed by atoms with Gasteiger partial charge in [-0.15, -0.1) is 0 Å². The molecule has 2 aromatic rings. The second-order valence-corrected chi connectivity index (χ2v) is 5.60. The number of benzene rings is 2. The van der Waals surface area contributed by atoms with Gasteiger partial charge in [0.2, 0.25) is 0 Å². The number of aromatic carboxylic acids is 1. The van der Waals surface area contributed by atoms with E-state index in [1.165, 1.54) is 0 Å². The average molecular weight is 356 g/mol. The van der Waals surface area contributed by atoms with Gasteiger partial charge in [0.15, 0.2) is 0 Å². The van der Waals surface area contributed by atoms with Crippen LogP contribution in [0.2, 0.25) is 5.02 Å². The zero-order valence-electron chi connectivity index (χ0n) is 10.7. The number of hydrogen-bond donors (Lipinski definition) is 1. The highest BCUT2D eigenvalue weighted by Crippen LogP contribution is 2.27. The third kappa shape index (κ3) is 3.52. The molecule has 0 radical (unpaired) electrons. The van der Waals surface area contributed by atoms with Crippen LogP contribution in [0.3, 0.4) is 0 Å². The first-order valence-electron chi connectivity index (χ1n) is 5.88. The van der Waals surface area contributed by atoms with E-state index in [1.807, 2.05) is 25.1 Å². The number of halogens is 2. The van der Waals surface area contributed by atoms with Crippen molar-refractivity contribution >= 4 is 33.5 Å². The van der Waals surface area contributed by atoms with Crippen LogP contribution in [-0.2, 0) is 6.61 Å². The van der Waals surface area contributed by atoms with Gasteiger partial charge in [-0.2, -0.15) is 0 Å². The van der Waals surface area contributed by atoms with Gasteiger partial charge in [-0.3, -0.25) is 0 Å². The van der Waals surface area contributed by atoms with Gasteiger partial charge in [-0.1, -0.05) is 39.7 Å². The summed E-state index contributed by atoms with van der Waals surface area (Å²) in [6.45, 7) is 2.26. The van der Waals surface area contributed by atoms with Gasteiger partial charge >= 0.3 is 5.97 Å². The Bertz CT molecular complexity index is 656. The first kappa shape index (κ1) is 14.9. The number of hydrogen-bond acceptors (Lipinski definition) is 2. The number of aryl methyl sites for hydroxylation is 1. The molecule has 0 atom stereocenters. The highest BCUT2D eigenvalue weighted by Gasteiger charge is 2.08. The molecular weight excluding hydrogens is 344 g/mol. The molecule has 0 unspecified atom stereocenters. The Kier molecular flexibility index (Phi) is 4.68. The summed E-state index contributed by atoms with van der Waals surface area (Å²) < 4.78 is 6.34. The molecular formula is C15H12BrClO3. The van der Waals surface area contributed by atoms with Crippen LogP contribution < -0.4 is 4.74 Å². The van der Waals surface area contributed by atoms with Gasteiger partial charge in [0.1, 0.15) is 12.4 Å². The predicted molar refractivity (Wildman–Crippen MR) is 81.6 cm³/mol. The molecule has 1 N–H and O–H groups in total. The fraction of sp³-hybridized carbons (Fsp3) is 0.133. The van der Waals surface area contributed by atoms with Gasteiger partial charge in [0.05, 0.1) is 10.6 Å². The minimum Gasteiger partial charge on any atom is -0.487 e. The number of carboxylic acids is 1. The fourth-order valence-corrected chi connectivity index (χ4v) is 2.46. The van der Waals surface area contributed by atoms with Crippen LogP contribution in [0.4, 0.5) is 0 Å². The average Bonchev–Trinajstić information content (AvgIpc) is 2.38. The van der Waals surface area contributed by atoms with Crippen LogP contribution in [0.1, 0.15) is 21.5 Å². The second-order valence-electron chi connectivity index (χ2n) is 4.33. The summed E-state index contributed by atoms with van der Waals surface area (Å²) in [5.74, 6) is -0.355. The molecule has 0 aromatic heterocycles. The molecule has 20 heavy (non-hydrogen) atoms. The minimum atomic E-state index is -0.959. The number of carboxylic acid groups (broad SMARTS) is 1. The van der Waals surface area contributed by atoms with Crippen LogP contribution in [0.15, 0.2) is 40.9 Å². The lowest BCUT2D eigenvalue weighted by atomic mass is 10.1. The van der Waals surface area contributed by atoms with Gasteiger partial charge in [-0.25, -0.2) is 4.79 Å². The number of carbonyl (C=O) groups is 1. The number of ether oxygens (including phenoxy) is 1. The van der Waals surface area contributed by atoms with Crippen molar-refractivity contribution in [2.45, 2.75) is 13.5 Å². The van der Waals surface area contributed by atoms with E-state index in [4.69, 9.17) is 21.4 Å². The molecule has 0 amide bonds. The summed E-state index contributed by atoms with van der Waals surface area (Å²) in [5.41, 5.74) is 2.15. The largest absolute Gasteiger partial charge is 0.487 e. The maximum Gasteiger partial charge on any atom is 0.335 e. The van der Waals surface area contributed by atoms with Crippen molar-refractivity contribution in [1.29, 1.82) is 0 Å². The smallest absolute Gasteiger partial charge is 0.335 e. The molecule has 0 bridgehead atoms. The third-order valence-electron chi connectivity index (χ3n) is 2.77. The van der Waals surface area contributed by atoms with Gasteiger partial charge < -0.3 is 9.84 Å². The van der Waals surface area contributed by atoms with Crippen LogP contribution in [0, 0.1) is 6.92 Å². The molecule has 2 aromatic carbocycles. The molecule has 0 heterocycles. The van der Waals surface area contributed by atoms with Crippen LogP contribution >= 0.6 is 27.5 Å². The lowest BCUT2D eigenvalue weighted by Gasteiger charge is -2.10. The van der Waals surface area contributed by atoms with E-state index in [9.17, 15) is 4.79 Å². The predicted octanol–water partition coefficient (Wildman–Crippen LogP) is 4.69. The fourth-order valence-electron chi connectivity index (χ4n) is 1.68. The molecule has 0 fully saturated rings. The summed E-state index contributed by atoms with van der Waals surface area (Å²) in [5, 5.41) is 9.46. The van der Waals surface area contributed by atoms with Crippen LogP contribution in [0.25, 0.3) is 0 Å². The molecule has 3 nitrogen and oxygen atoms in total. The topological polar surface area (TPSA) is 46.5 Å². The molecule has 0 saturated heterocycles. The van der Waals surface area contributed by atoms with E-state index < -0.39 is 5.97 Å². The minimum absolute atomic E-state index is 0.231. The summed E-state index contributed by atoms with van der Waals surface area (Å²) in [7, 11) is 0. The molecule has 0 aliphatic heterocycles. The van der Waals surface area contributed by atoms with Crippen molar-refractivity contribution in [3.8, 4) is 5.75 Å². The van der Waals surface area contributed by atoms with E-state index in [0.717, 1.165) is 11.1 Å². The molecule has 0 aliphatic rings. The molecule has 2 rings (SSSR count). The standard InChI is InChI=1S/C15H12BrClO3/c1-9-2-5-14(13(17)6-9)20-8-11-4-3-10(15(18)19)7-12(11)16/h2-7H,8H2,1H3,(H,18,19). The molecule has 0 saturated carbocycles.